The lowest BCUT2D eigenvalue weighted by Crippen LogP contribution is -1.94. The Morgan fingerprint density at radius 2 is 0.571 bits per heavy atom. The summed E-state index contributed by atoms with van der Waals surface area (Å²) in [6.45, 7) is 0. The van der Waals surface area contributed by atoms with Crippen molar-refractivity contribution in [2.24, 2.45) is 0 Å². The number of rotatable bonds is 2. The molecule has 0 radical (unpaired) electrons. The van der Waals surface area contributed by atoms with Crippen molar-refractivity contribution in [1.29, 1.82) is 0 Å². The molecule has 0 fully saturated rings. The fraction of sp³-hybridized carbons (Fsp3) is 0. The summed E-state index contributed by atoms with van der Waals surface area (Å²) in [5.74, 6) is 0. The first-order chi connectivity index (χ1) is 20.8. The Labute approximate surface area is 244 Å². The summed E-state index contributed by atoms with van der Waals surface area (Å²) >= 11 is 0. The number of hydrogen-bond donors (Lipinski definition) is 0. The van der Waals surface area contributed by atoms with Crippen molar-refractivity contribution < 1.29 is 0 Å². The summed E-state index contributed by atoms with van der Waals surface area (Å²) in [5.41, 5.74) is 5.11. The van der Waals surface area contributed by atoms with Gasteiger partial charge in [-0.05, 0) is 99.0 Å². The molecule has 0 nitrogen and oxygen atoms in total. The summed E-state index contributed by atoms with van der Waals surface area (Å²) in [6, 6.07) is 58.1. The van der Waals surface area contributed by atoms with Crippen LogP contribution >= 0.6 is 0 Å². The number of fused-ring (bicyclic) bond motifs is 9. The van der Waals surface area contributed by atoms with Crippen LogP contribution < -0.4 is 0 Å². The van der Waals surface area contributed by atoms with E-state index in [9.17, 15) is 0 Å². The van der Waals surface area contributed by atoms with Crippen LogP contribution in [-0.2, 0) is 0 Å². The van der Waals surface area contributed by atoms with Gasteiger partial charge in [-0.1, -0.05) is 146 Å². The van der Waals surface area contributed by atoms with Gasteiger partial charge in [0.15, 0.2) is 0 Å². The Balaban J connectivity index is 1.57. The molecule has 0 aromatic heterocycles. The molecule has 0 unspecified atom stereocenters. The highest BCUT2D eigenvalue weighted by Crippen LogP contribution is 2.49. The van der Waals surface area contributed by atoms with E-state index in [-0.39, 0.29) is 0 Å². The Kier molecular flexibility index (Phi) is 5.00. The van der Waals surface area contributed by atoms with Crippen LogP contribution in [0.4, 0.5) is 0 Å². The molecule has 9 rings (SSSR count). The van der Waals surface area contributed by atoms with Crippen molar-refractivity contribution in [3.8, 4) is 22.3 Å². The molecule has 194 valence electrons. The van der Waals surface area contributed by atoms with Gasteiger partial charge in [0.05, 0.1) is 0 Å². The van der Waals surface area contributed by atoms with Crippen molar-refractivity contribution in [2.75, 3.05) is 0 Å². The summed E-state index contributed by atoms with van der Waals surface area (Å²) in [4.78, 5) is 0. The largest absolute Gasteiger partial charge is 0.0616 e. The fourth-order valence-corrected chi connectivity index (χ4v) is 7.14. The Hall–Kier alpha value is -5.46. The van der Waals surface area contributed by atoms with Gasteiger partial charge >= 0.3 is 0 Å². The first kappa shape index (κ1) is 23.3. The minimum atomic E-state index is 1.25. The molecule has 0 aliphatic carbocycles. The second-order valence-electron chi connectivity index (χ2n) is 11.3. The number of hydrogen-bond acceptors (Lipinski definition) is 0. The topological polar surface area (TPSA) is 0 Å². The summed E-state index contributed by atoms with van der Waals surface area (Å²) < 4.78 is 0. The maximum atomic E-state index is 2.37. The maximum Gasteiger partial charge on any atom is -0.000763 e. The van der Waals surface area contributed by atoms with E-state index < -0.39 is 0 Å². The molecular formula is C42H26. The number of benzene rings is 9. The molecule has 9 aromatic rings. The van der Waals surface area contributed by atoms with Crippen molar-refractivity contribution >= 4 is 64.6 Å². The van der Waals surface area contributed by atoms with Crippen LogP contribution in [0.2, 0.25) is 0 Å². The van der Waals surface area contributed by atoms with E-state index in [1.165, 1.54) is 86.9 Å². The van der Waals surface area contributed by atoms with E-state index >= 15 is 0 Å². The lowest BCUT2D eigenvalue weighted by atomic mass is 9.81. The SMILES string of the molecule is c1ccc2cc(-c3c4ccccc4c(-c4ccc5ccccc5c4)c4c5ccccc5c5ccccc5c34)ccc2c1. The fourth-order valence-electron chi connectivity index (χ4n) is 7.14. The smallest absolute Gasteiger partial charge is 0.000763 e. The highest BCUT2D eigenvalue weighted by atomic mass is 14.2. The van der Waals surface area contributed by atoms with E-state index in [0.29, 0.717) is 0 Å². The molecular weight excluding hydrogens is 504 g/mol. The predicted octanol–water partition coefficient (Wildman–Crippen LogP) is 11.9. The monoisotopic (exact) mass is 530 g/mol. The van der Waals surface area contributed by atoms with Crippen molar-refractivity contribution in [3.63, 3.8) is 0 Å². The highest BCUT2D eigenvalue weighted by Gasteiger charge is 2.21. The van der Waals surface area contributed by atoms with Gasteiger partial charge < -0.3 is 0 Å². The van der Waals surface area contributed by atoms with Crippen LogP contribution in [0.15, 0.2) is 158 Å². The van der Waals surface area contributed by atoms with E-state index in [2.05, 4.69) is 158 Å². The lowest BCUT2D eigenvalue weighted by molar-refractivity contribution is 1.69. The van der Waals surface area contributed by atoms with Gasteiger partial charge in [-0.3, -0.25) is 0 Å². The van der Waals surface area contributed by atoms with Gasteiger partial charge in [0, 0.05) is 0 Å². The lowest BCUT2D eigenvalue weighted by Gasteiger charge is -2.22. The third-order valence-corrected chi connectivity index (χ3v) is 8.97. The molecule has 0 saturated heterocycles. The van der Waals surface area contributed by atoms with Gasteiger partial charge in [-0.2, -0.15) is 0 Å². The minimum Gasteiger partial charge on any atom is -0.0616 e. The van der Waals surface area contributed by atoms with Crippen LogP contribution in [0, 0.1) is 0 Å². The summed E-state index contributed by atoms with van der Waals surface area (Å²) in [5, 5.41) is 15.4. The van der Waals surface area contributed by atoms with Crippen LogP contribution in [-0.4, -0.2) is 0 Å². The van der Waals surface area contributed by atoms with Gasteiger partial charge in [-0.25, -0.2) is 0 Å². The minimum absolute atomic E-state index is 1.25. The Morgan fingerprint density at radius 1 is 0.238 bits per heavy atom. The third kappa shape index (κ3) is 3.36. The van der Waals surface area contributed by atoms with Crippen molar-refractivity contribution in [3.05, 3.63) is 158 Å². The normalized spacial score (nSPS) is 11.8. The molecule has 0 heteroatoms. The van der Waals surface area contributed by atoms with Crippen LogP contribution in [0.5, 0.6) is 0 Å². The quantitative estimate of drug-likeness (QED) is 0.154. The maximum absolute atomic E-state index is 2.37. The van der Waals surface area contributed by atoms with Gasteiger partial charge in [-0.15, -0.1) is 0 Å². The molecule has 0 bridgehead atoms. The highest BCUT2D eigenvalue weighted by molar-refractivity contribution is 6.36. The zero-order valence-electron chi connectivity index (χ0n) is 23.0. The average Bonchev–Trinajstić information content (AvgIpc) is 3.07. The van der Waals surface area contributed by atoms with Crippen LogP contribution in [0.3, 0.4) is 0 Å². The van der Waals surface area contributed by atoms with Crippen LogP contribution in [0.1, 0.15) is 0 Å². The molecule has 9 aromatic carbocycles. The predicted molar refractivity (Wildman–Crippen MR) is 182 cm³/mol. The molecule has 0 amide bonds. The summed E-state index contributed by atoms with van der Waals surface area (Å²) in [6.07, 6.45) is 0. The van der Waals surface area contributed by atoms with Crippen molar-refractivity contribution in [1.82, 2.24) is 0 Å². The Morgan fingerprint density at radius 3 is 1.00 bits per heavy atom. The van der Waals surface area contributed by atoms with Gasteiger partial charge in [0.25, 0.3) is 0 Å². The van der Waals surface area contributed by atoms with Gasteiger partial charge in [0.2, 0.25) is 0 Å². The average molecular weight is 531 g/mol. The van der Waals surface area contributed by atoms with E-state index in [1.807, 2.05) is 0 Å². The first-order valence-corrected chi connectivity index (χ1v) is 14.6. The second kappa shape index (κ2) is 9.03. The zero-order valence-corrected chi connectivity index (χ0v) is 23.0. The van der Waals surface area contributed by atoms with E-state index in [4.69, 9.17) is 0 Å². The van der Waals surface area contributed by atoms with Crippen molar-refractivity contribution in [2.45, 2.75) is 0 Å². The second-order valence-corrected chi connectivity index (χ2v) is 11.3. The Bertz CT molecular complexity index is 2340. The molecule has 0 atom stereocenters. The van der Waals surface area contributed by atoms with Gasteiger partial charge in [0.1, 0.15) is 0 Å². The van der Waals surface area contributed by atoms with E-state index in [1.54, 1.807) is 0 Å². The zero-order chi connectivity index (χ0) is 27.6. The molecule has 0 aliphatic rings. The standard InChI is InChI=1S/C42H26/c1-3-13-29-25-31(23-21-27(29)11-1)39-37-19-9-10-20-38(37)40(32-24-22-28-12-2-4-14-30(28)26-32)42-36-18-8-6-16-34(36)33-15-5-7-17-35(33)41(39)42/h1-26H. The molecule has 0 aliphatic heterocycles. The molecule has 0 spiro atoms. The summed E-state index contributed by atoms with van der Waals surface area (Å²) in [7, 11) is 0. The molecule has 0 heterocycles. The van der Waals surface area contributed by atoms with Crippen LogP contribution in [0.25, 0.3) is 86.9 Å². The third-order valence-electron chi connectivity index (χ3n) is 8.97. The van der Waals surface area contributed by atoms with E-state index in [0.717, 1.165) is 0 Å². The molecule has 42 heavy (non-hydrogen) atoms. The molecule has 0 saturated carbocycles. The first-order valence-electron chi connectivity index (χ1n) is 14.6. The molecule has 0 N–H and O–H groups in total.